The van der Waals surface area contributed by atoms with Crippen LogP contribution in [0, 0.1) is 12.9 Å². The molecule has 5 heteroatoms. The Balaban J connectivity index is 0.00000684. The Bertz CT molecular complexity index is 3220. The van der Waals surface area contributed by atoms with Crippen LogP contribution in [0.4, 0.5) is 0 Å². The van der Waals surface area contributed by atoms with Crippen molar-refractivity contribution in [2.24, 2.45) is 0 Å². The predicted molar refractivity (Wildman–Crippen MR) is 247 cm³/mol. The van der Waals surface area contributed by atoms with Gasteiger partial charge in [0.15, 0.2) is 0 Å². The Morgan fingerprint density at radius 2 is 1.33 bits per heavy atom. The molecule has 0 radical (unpaired) electrons. The summed E-state index contributed by atoms with van der Waals surface area (Å²) in [6, 6.07) is 34.1. The molecule has 0 bridgehead atoms. The maximum absolute atomic E-state index is 12.5. The number of nitrogens with zero attached hydrogens (tertiary/aromatic N) is 3. The zero-order valence-corrected chi connectivity index (χ0v) is 37.8. The molecule has 8 rings (SSSR count). The van der Waals surface area contributed by atoms with Crippen molar-refractivity contribution < 1.29 is 37.1 Å². The van der Waals surface area contributed by atoms with E-state index >= 15 is 0 Å². The van der Waals surface area contributed by atoms with Gasteiger partial charge in [0, 0.05) is 48.2 Å². The molecule has 60 heavy (non-hydrogen) atoms. The normalized spacial score (nSPS) is 14.2. The molecule has 0 fully saturated rings. The van der Waals surface area contributed by atoms with Gasteiger partial charge in [-0.15, -0.1) is 29.3 Å². The van der Waals surface area contributed by atoms with E-state index in [2.05, 4.69) is 80.5 Å². The number of aromatic hydroxyl groups is 1. The molecule has 0 saturated carbocycles. The van der Waals surface area contributed by atoms with Crippen LogP contribution in [0.3, 0.4) is 0 Å². The van der Waals surface area contributed by atoms with Crippen LogP contribution >= 0.6 is 0 Å². The molecule has 2 aromatic heterocycles. The van der Waals surface area contributed by atoms with Gasteiger partial charge in [0.25, 0.3) is 0 Å². The molecule has 0 amide bonds. The fourth-order valence-electron chi connectivity index (χ4n) is 7.54. The molecule has 0 aliphatic carbocycles. The molecule has 0 atom stereocenters. The summed E-state index contributed by atoms with van der Waals surface area (Å²) >= 11 is 0. The van der Waals surface area contributed by atoms with Crippen molar-refractivity contribution in [3.05, 3.63) is 168 Å². The van der Waals surface area contributed by atoms with Crippen LogP contribution in [0.15, 0.2) is 140 Å². The Morgan fingerprint density at radius 3 is 2.02 bits per heavy atom. The predicted octanol–water partition coefficient (Wildman–Crippen LogP) is 14.5. The third-order valence-corrected chi connectivity index (χ3v) is 10.9. The number of hydrogen-bond acceptors (Lipinski definition) is 3. The Morgan fingerprint density at radius 1 is 0.633 bits per heavy atom. The van der Waals surface area contributed by atoms with Crippen molar-refractivity contribution in [3.63, 3.8) is 0 Å². The van der Waals surface area contributed by atoms with Gasteiger partial charge < -0.3 is 5.11 Å². The van der Waals surface area contributed by atoms with E-state index in [1.54, 1.807) is 30.5 Å². The van der Waals surface area contributed by atoms with Crippen LogP contribution in [-0.2, 0) is 37.3 Å². The summed E-state index contributed by atoms with van der Waals surface area (Å²) in [5.74, 6) is 0.572. The van der Waals surface area contributed by atoms with Gasteiger partial charge in [-0.3, -0.25) is 9.55 Å². The largest absolute Gasteiger partial charge is 0.507 e. The van der Waals surface area contributed by atoms with Crippen molar-refractivity contribution in [3.8, 4) is 67.5 Å². The number of imidazole rings is 1. The van der Waals surface area contributed by atoms with Gasteiger partial charge in [0.2, 0.25) is 0 Å². The molecule has 6 aromatic carbocycles. The van der Waals surface area contributed by atoms with E-state index < -0.39 is 30.4 Å². The maximum Gasteiger partial charge on any atom is 0.148 e. The van der Waals surface area contributed by atoms with Crippen molar-refractivity contribution in [1.29, 1.82) is 0 Å². The Hall–Kier alpha value is -5.57. The van der Waals surface area contributed by atoms with Gasteiger partial charge in [-0.2, -0.15) is 0 Å². The van der Waals surface area contributed by atoms with E-state index in [0.717, 1.165) is 27.8 Å². The summed E-state index contributed by atoms with van der Waals surface area (Å²) in [5.41, 5.74) is 8.97. The molecule has 0 unspecified atom stereocenters. The third kappa shape index (κ3) is 8.28. The fraction of sp³-hybridized carbons (Fsp3) is 0.236. The summed E-state index contributed by atoms with van der Waals surface area (Å²) in [5, 5.41) is 12.5. The third-order valence-electron chi connectivity index (χ3n) is 10.9. The summed E-state index contributed by atoms with van der Waals surface area (Å²) in [6.45, 7) is 16.6. The second-order valence-corrected chi connectivity index (χ2v) is 18.3. The quantitative estimate of drug-likeness (QED) is 0.169. The van der Waals surface area contributed by atoms with Crippen molar-refractivity contribution in [2.45, 2.75) is 85.4 Å². The maximum atomic E-state index is 12.5. The summed E-state index contributed by atoms with van der Waals surface area (Å²) in [7, 11) is 0. The molecule has 306 valence electrons. The number of para-hydroxylation sites is 1. The molecule has 0 aliphatic heterocycles. The van der Waals surface area contributed by atoms with Gasteiger partial charge in [-0.25, -0.2) is 4.98 Å². The van der Waals surface area contributed by atoms with Crippen LogP contribution in [0.1, 0.15) is 95.5 Å². The number of aromatic nitrogens is 3. The van der Waals surface area contributed by atoms with Crippen molar-refractivity contribution >= 4 is 11.0 Å². The SMILES string of the molecule is [2H]c1c([2H])c([2H])c(-c2ccnc(-c3[c-]c(-c4cccc5c4nc(-c4cc(C(C)(C)C)cc(C(C)(C)C)c4O)n5-c4ccc(C([2H])([2H])[2H])cc4-c4ccccc4)cc(C(C)(C)C)c3)c2)c([2H])c1[2H].[Pt]. The zero-order chi connectivity index (χ0) is 48.7. The minimum absolute atomic E-state index is 0. The molecule has 0 spiro atoms. The Kier molecular flexibility index (Phi) is 8.92. The molecular formula is C55H54N3OPt-. The van der Waals surface area contributed by atoms with E-state index in [1.807, 2.05) is 71.3 Å². The van der Waals surface area contributed by atoms with E-state index in [4.69, 9.17) is 20.9 Å². The average Bonchev–Trinajstić information content (AvgIpc) is 3.66. The number of phenolic OH excluding ortho intramolecular Hbond substituents is 1. The number of rotatable bonds is 6. The van der Waals surface area contributed by atoms with Crippen LogP contribution in [0.25, 0.3) is 72.7 Å². The summed E-state index contributed by atoms with van der Waals surface area (Å²) in [4.78, 5) is 10.2. The number of fused-ring (bicyclic) bond motifs is 1. The van der Waals surface area contributed by atoms with Gasteiger partial charge in [0.1, 0.15) is 11.6 Å². The summed E-state index contributed by atoms with van der Waals surface area (Å²) in [6.07, 6.45) is 1.57. The monoisotopic (exact) mass is 975 g/mol. The molecule has 0 aliphatic rings. The average molecular weight is 976 g/mol. The van der Waals surface area contributed by atoms with Crippen molar-refractivity contribution in [2.75, 3.05) is 0 Å². The van der Waals surface area contributed by atoms with Crippen LogP contribution in [0.2, 0.25) is 0 Å². The van der Waals surface area contributed by atoms with E-state index in [-0.39, 0.29) is 60.9 Å². The molecule has 0 saturated heterocycles. The van der Waals surface area contributed by atoms with Crippen molar-refractivity contribution in [1.82, 2.24) is 14.5 Å². The first-order valence-corrected chi connectivity index (χ1v) is 20.0. The van der Waals surface area contributed by atoms with E-state index in [1.165, 1.54) is 0 Å². The number of phenols is 1. The minimum atomic E-state index is -2.37. The molecule has 4 nitrogen and oxygen atoms in total. The first-order chi connectivity index (χ1) is 31.3. The van der Waals surface area contributed by atoms with Crippen LogP contribution in [-0.4, -0.2) is 19.6 Å². The first-order valence-electron chi connectivity index (χ1n) is 24.0. The zero-order valence-electron chi connectivity index (χ0n) is 43.5. The number of aryl methyl sites for hydroxylation is 1. The van der Waals surface area contributed by atoms with Gasteiger partial charge in [0.05, 0.1) is 29.1 Å². The topological polar surface area (TPSA) is 50.9 Å². The number of hydrogen-bond donors (Lipinski definition) is 1. The van der Waals surface area contributed by atoms with Gasteiger partial charge >= 0.3 is 0 Å². The number of benzene rings is 6. The number of pyridine rings is 1. The van der Waals surface area contributed by atoms with Gasteiger partial charge in [-0.05, 0) is 75.7 Å². The second kappa shape index (κ2) is 16.1. The smallest absolute Gasteiger partial charge is 0.148 e. The second-order valence-electron chi connectivity index (χ2n) is 18.3. The molecule has 2 heterocycles. The van der Waals surface area contributed by atoms with Crippen LogP contribution in [0.5, 0.6) is 5.75 Å². The standard InChI is InChI=1S/C55H54N3O.Pt/c1-35-24-25-48(44(28-35)37-20-15-12-16-21-37)58-49-23-17-22-43(50(49)57-52(58)45-33-42(54(5,6)7)34-46(51(45)59)55(8,9)10)39-29-40(31-41(30-39)53(2,3)4)47-32-38(26-27-56-47)36-18-13-11-14-19-36;/h11-28,30-34,59H,1-10H3;/q-1;/i1D3,11D,13D,14D,18D,19D;. The Labute approximate surface area is 381 Å². The molecular weight excluding hydrogens is 914 g/mol. The fourth-order valence-corrected chi connectivity index (χ4v) is 7.54. The molecule has 8 aromatic rings. The minimum Gasteiger partial charge on any atom is -0.507 e. The van der Waals surface area contributed by atoms with Crippen LogP contribution < -0.4 is 0 Å². The summed E-state index contributed by atoms with van der Waals surface area (Å²) < 4.78 is 69.3. The van der Waals surface area contributed by atoms with E-state index in [0.29, 0.717) is 56.1 Å². The first kappa shape index (κ1) is 33.2. The van der Waals surface area contributed by atoms with Gasteiger partial charge in [-0.1, -0.05) is 170 Å². The van der Waals surface area contributed by atoms with E-state index in [9.17, 15) is 5.11 Å². The molecule has 1 N–H and O–H groups in total.